The third kappa shape index (κ3) is 4.90. The van der Waals surface area contributed by atoms with Gasteiger partial charge in [-0.25, -0.2) is 0 Å². The molecule has 1 unspecified atom stereocenters. The average Bonchev–Trinajstić information content (AvgIpc) is 2.96. The molecule has 0 aliphatic rings. The zero-order chi connectivity index (χ0) is 15.1. The third-order valence-electron chi connectivity index (χ3n) is 3.53. The second-order valence-electron chi connectivity index (χ2n) is 5.52. The van der Waals surface area contributed by atoms with Crippen LogP contribution in [-0.2, 0) is 6.42 Å². The average molecular weight is 287 g/mol. The van der Waals surface area contributed by atoms with Gasteiger partial charge in [0.2, 0.25) is 0 Å². The highest BCUT2D eigenvalue weighted by Crippen LogP contribution is 2.11. The number of nitrogens with zero attached hydrogens (tertiary/aromatic N) is 2. The van der Waals surface area contributed by atoms with Gasteiger partial charge >= 0.3 is 0 Å². The van der Waals surface area contributed by atoms with Crippen LogP contribution < -0.4 is 10.1 Å². The first-order chi connectivity index (χ1) is 10.2. The highest BCUT2D eigenvalue weighted by Gasteiger charge is 2.10. The lowest BCUT2D eigenvalue weighted by molar-refractivity contribution is 0.287. The summed E-state index contributed by atoms with van der Waals surface area (Å²) in [4.78, 5) is 0. The van der Waals surface area contributed by atoms with Crippen LogP contribution in [-0.4, -0.2) is 29.5 Å². The molecule has 0 bridgehead atoms. The second kappa shape index (κ2) is 7.84. The Balaban J connectivity index is 1.79. The number of aromatic nitrogens is 2. The highest BCUT2D eigenvalue weighted by atomic mass is 16.5. The highest BCUT2D eigenvalue weighted by molar-refractivity contribution is 5.20. The van der Waals surface area contributed by atoms with E-state index >= 15 is 0 Å². The molecule has 21 heavy (non-hydrogen) atoms. The lowest BCUT2D eigenvalue weighted by Crippen LogP contribution is -2.29. The van der Waals surface area contributed by atoms with Crippen LogP contribution in [0.5, 0.6) is 5.75 Å². The first-order valence-corrected chi connectivity index (χ1v) is 7.58. The number of likely N-dealkylation sites (N-methyl/N-ethyl adjacent to an activating group) is 1. The Labute approximate surface area is 127 Å². The van der Waals surface area contributed by atoms with E-state index in [1.165, 1.54) is 0 Å². The van der Waals surface area contributed by atoms with E-state index in [0.717, 1.165) is 24.3 Å². The molecule has 1 aromatic heterocycles. The van der Waals surface area contributed by atoms with E-state index in [1.54, 1.807) is 0 Å². The molecule has 0 saturated carbocycles. The fourth-order valence-corrected chi connectivity index (χ4v) is 2.21. The molecule has 1 N–H and O–H groups in total. The largest absolute Gasteiger partial charge is 0.494 e. The molecule has 0 aliphatic heterocycles. The molecule has 0 radical (unpaired) electrons. The summed E-state index contributed by atoms with van der Waals surface area (Å²) in [6.45, 7) is 4.99. The standard InChI is InChI=1S/C17H25N3O/c1-14(2)20-11-9-16(19-20)13-15(18-3)10-12-21-17-7-5-4-6-8-17/h4-9,11,14-15,18H,10,12-13H2,1-3H3. The summed E-state index contributed by atoms with van der Waals surface area (Å²) in [5, 5.41) is 7.95. The number of benzene rings is 1. The number of rotatable bonds is 8. The molecule has 0 fully saturated rings. The van der Waals surface area contributed by atoms with Crippen molar-refractivity contribution in [2.24, 2.45) is 0 Å². The molecule has 4 heteroatoms. The zero-order valence-electron chi connectivity index (χ0n) is 13.1. The molecule has 2 aromatic rings. The predicted molar refractivity (Wildman–Crippen MR) is 85.7 cm³/mol. The molecule has 1 aromatic carbocycles. The van der Waals surface area contributed by atoms with Crippen molar-refractivity contribution in [1.82, 2.24) is 15.1 Å². The number of nitrogens with one attached hydrogen (secondary N) is 1. The Bertz CT molecular complexity index is 522. The van der Waals surface area contributed by atoms with Crippen molar-refractivity contribution in [2.75, 3.05) is 13.7 Å². The van der Waals surface area contributed by atoms with Crippen molar-refractivity contribution in [3.8, 4) is 5.75 Å². The van der Waals surface area contributed by atoms with Crippen LogP contribution in [0.2, 0.25) is 0 Å². The van der Waals surface area contributed by atoms with Gasteiger partial charge in [-0.05, 0) is 45.5 Å². The van der Waals surface area contributed by atoms with Crippen molar-refractivity contribution >= 4 is 0 Å². The Hall–Kier alpha value is -1.81. The van der Waals surface area contributed by atoms with E-state index in [2.05, 4.69) is 30.3 Å². The molecule has 1 heterocycles. The summed E-state index contributed by atoms with van der Waals surface area (Å²) in [6, 6.07) is 12.8. The van der Waals surface area contributed by atoms with E-state index in [-0.39, 0.29) is 0 Å². The summed E-state index contributed by atoms with van der Waals surface area (Å²) >= 11 is 0. The minimum atomic E-state index is 0.379. The summed E-state index contributed by atoms with van der Waals surface area (Å²) in [5.41, 5.74) is 1.13. The maximum absolute atomic E-state index is 5.75. The van der Waals surface area contributed by atoms with E-state index in [0.29, 0.717) is 18.7 Å². The lowest BCUT2D eigenvalue weighted by Gasteiger charge is -2.15. The fraction of sp³-hybridized carbons (Fsp3) is 0.471. The number of para-hydroxylation sites is 1. The van der Waals surface area contributed by atoms with Crippen molar-refractivity contribution in [3.63, 3.8) is 0 Å². The van der Waals surface area contributed by atoms with Gasteiger partial charge in [-0.2, -0.15) is 5.10 Å². The van der Waals surface area contributed by atoms with Crippen molar-refractivity contribution < 1.29 is 4.74 Å². The van der Waals surface area contributed by atoms with Crippen molar-refractivity contribution in [2.45, 2.75) is 38.8 Å². The topological polar surface area (TPSA) is 39.1 Å². The quantitative estimate of drug-likeness (QED) is 0.811. The molecule has 0 amide bonds. The molecule has 1 atom stereocenters. The van der Waals surface area contributed by atoms with Gasteiger partial charge in [-0.15, -0.1) is 0 Å². The van der Waals surface area contributed by atoms with Crippen molar-refractivity contribution in [1.29, 1.82) is 0 Å². The molecule has 114 valence electrons. The Kier molecular flexibility index (Phi) is 5.81. The van der Waals surface area contributed by atoms with Gasteiger partial charge < -0.3 is 10.1 Å². The Morgan fingerprint density at radius 2 is 1.95 bits per heavy atom. The maximum atomic E-state index is 5.75. The monoisotopic (exact) mass is 287 g/mol. The lowest BCUT2D eigenvalue weighted by atomic mass is 10.1. The van der Waals surface area contributed by atoms with Gasteiger partial charge in [0.25, 0.3) is 0 Å². The minimum Gasteiger partial charge on any atom is -0.494 e. The van der Waals surface area contributed by atoms with E-state index in [4.69, 9.17) is 4.74 Å². The maximum Gasteiger partial charge on any atom is 0.119 e. The molecule has 0 spiro atoms. The molecule has 0 saturated heterocycles. The summed E-state index contributed by atoms with van der Waals surface area (Å²) in [6.07, 6.45) is 3.93. The molecular weight excluding hydrogens is 262 g/mol. The van der Waals surface area contributed by atoms with E-state index in [1.807, 2.05) is 48.3 Å². The SMILES string of the molecule is CNC(CCOc1ccccc1)Cc1ccn(C(C)C)n1. The number of hydrogen-bond acceptors (Lipinski definition) is 3. The van der Waals surface area contributed by atoms with Crippen LogP contribution in [0.4, 0.5) is 0 Å². The van der Waals surface area contributed by atoms with Crippen LogP contribution >= 0.6 is 0 Å². The van der Waals surface area contributed by atoms with Crippen LogP contribution in [0.1, 0.15) is 32.0 Å². The Morgan fingerprint density at radius 1 is 1.19 bits per heavy atom. The van der Waals surface area contributed by atoms with E-state index in [9.17, 15) is 0 Å². The van der Waals surface area contributed by atoms with Crippen LogP contribution in [0.25, 0.3) is 0 Å². The fourth-order valence-electron chi connectivity index (χ4n) is 2.21. The summed E-state index contributed by atoms with van der Waals surface area (Å²) in [7, 11) is 1.99. The molecule has 4 nitrogen and oxygen atoms in total. The molecule has 0 aliphatic carbocycles. The minimum absolute atomic E-state index is 0.379. The predicted octanol–water partition coefficient (Wildman–Crippen LogP) is 3.06. The zero-order valence-corrected chi connectivity index (χ0v) is 13.1. The Morgan fingerprint density at radius 3 is 2.57 bits per heavy atom. The van der Waals surface area contributed by atoms with E-state index < -0.39 is 0 Å². The number of ether oxygens (including phenoxy) is 1. The second-order valence-corrected chi connectivity index (χ2v) is 5.52. The van der Waals surface area contributed by atoms with Crippen molar-refractivity contribution in [3.05, 3.63) is 48.3 Å². The van der Waals surface area contributed by atoms with Gasteiger partial charge in [-0.1, -0.05) is 18.2 Å². The smallest absolute Gasteiger partial charge is 0.119 e. The summed E-state index contributed by atoms with van der Waals surface area (Å²) in [5.74, 6) is 0.927. The van der Waals surface area contributed by atoms with Gasteiger partial charge in [0, 0.05) is 24.7 Å². The summed E-state index contributed by atoms with van der Waals surface area (Å²) < 4.78 is 7.76. The normalized spacial score (nSPS) is 12.6. The molecule has 2 rings (SSSR count). The van der Waals surface area contributed by atoms with Gasteiger partial charge in [-0.3, -0.25) is 4.68 Å². The first kappa shape index (κ1) is 15.6. The number of hydrogen-bond donors (Lipinski definition) is 1. The van der Waals surface area contributed by atoms with Crippen LogP contribution in [0, 0.1) is 0 Å². The van der Waals surface area contributed by atoms with Gasteiger partial charge in [0.05, 0.1) is 12.3 Å². The van der Waals surface area contributed by atoms with Gasteiger partial charge in [0.1, 0.15) is 5.75 Å². The third-order valence-corrected chi connectivity index (χ3v) is 3.53. The first-order valence-electron chi connectivity index (χ1n) is 7.58. The van der Waals surface area contributed by atoms with Gasteiger partial charge in [0.15, 0.2) is 0 Å². The van der Waals surface area contributed by atoms with Crippen LogP contribution in [0.3, 0.4) is 0 Å². The van der Waals surface area contributed by atoms with Crippen LogP contribution in [0.15, 0.2) is 42.6 Å². The molecular formula is C17H25N3O.